The van der Waals surface area contributed by atoms with Crippen LogP contribution in [0.25, 0.3) is 0 Å². The SMILES string of the molecule is CNC(=O)c1ccc2c(c1)CCO[C@H]2CCN1CCN(c2ccc(OCc3ccccc3)cc2)CC1. The molecular weight excluding hydrogens is 450 g/mol. The van der Waals surface area contributed by atoms with Crippen LogP contribution in [0.15, 0.2) is 72.8 Å². The Hall–Kier alpha value is -3.35. The minimum Gasteiger partial charge on any atom is -0.489 e. The van der Waals surface area contributed by atoms with Gasteiger partial charge < -0.3 is 19.7 Å². The van der Waals surface area contributed by atoms with Gasteiger partial charge in [-0.1, -0.05) is 36.4 Å². The van der Waals surface area contributed by atoms with Crippen LogP contribution in [0.1, 0.15) is 39.6 Å². The van der Waals surface area contributed by atoms with E-state index < -0.39 is 0 Å². The normalized spacial score (nSPS) is 17.9. The van der Waals surface area contributed by atoms with Crippen LogP contribution in [0.3, 0.4) is 0 Å². The third kappa shape index (κ3) is 5.89. The summed E-state index contributed by atoms with van der Waals surface area (Å²) in [7, 11) is 1.67. The summed E-state index contributed by atoms with van der Waals surface area (Å²) >= 11 is 0. The van der Waals surface area contributed by atoms with Gasteiger partial charge in [-0.2, -0.15) is 0 Å². The molecule has 6 heteroatoms. The Morgan fingerprint density at radius 1 is 1.00 bits per heavy atom. The fraction of sp³-hybridized carbons (Fsp3) is 0.367. The number of rotatable bonds is 8. The van der Waals surface area contributed by atoms with Gasteiger partial charge in [0.1, 0.15) is 12.4 Å². The molecule has 1 N–H and O–H groups in total. The molecule has 6 nitrogen and oxygen atoms in total. The number of amides is 1. The molecule has 2 aliphatic heterocycles. The van der Waals surface area contributed by atoms with Crippen LogP contribution in [0.5, 0.6) is 5.75 Å². The number of hydrogen-bond acceptors (Lipinski definition) is 5. The zero-order valence-corrected chi connectivity index (χ0v) is 21.0. The van der Waals surface area contributed by atoms with E-state index in [1.54, 1.807) is 7.05 Å². The van der Waals surface area contributed by atoms with Gasteiger partial charge in [0.05, 0.1) is 12.7 Å². The van der Waals surface area contributed by atoms with Crippen molar-refractivity contribution in [3.8, 4) is 5.75 Å². The van der Waals surface area contributed by atoms with Gasteiger partial charge in [0.25, 0.3) is 5.91 Å². The molecule has 0 spiro atoms. The Bertz CT molecular complexity index is 1140. The molecule has 3 aromatic carbocycles. The van der Waals surface area contributed by atoms with E-state index in [-0.39, 0.29) is 12.0 Å². The first kappa shape index (κ1) is 24.3. The molecule has 0 radical (unpaired) electrons. The van der Waals surface area contributed by atoms with Crippen LogP contribution in [0.2, 0.25) is 0 Å². The first-order valence-corrected chi connectivity index (χ1v) is 12.9. The maximum Gasteiger partial charge on any atom is 0.251 e. The van der Waals surface area contributed by atoms with E-state index in [9.17, 15) is 4.79 Å². The fourth-order valence-electron chi connectivity index (χ4n) is 5.09. The fourth-order valence-corrected chi connectivity index (χ4v) is 5.09. The first-order valence-electron chi connectivity index (χ1n) is 12.9. The standard InChI is InChI=1S/C30H35N3O3/c1-31-30(34)25-7-12-28-24(21-25)14-20-35-29(28)13-15-32-16-18-33(19-17-32)26-8-10-27(11-9-26)36-22-23-5-3-2-4-6-23/h2-12,21,29H,13-20,22H2,1H3,(H,31,34)/t29-/m0/s1. The topological polar surface area (TPSA) is 54.0 Å². The van der Waals surface area contributed by atoms with Crippen molar-refractivity contribution in [2.75, 3.05) is 51.3 Å². The van der Waals surface area contributed by atoms with Crippen molar-refractivity contribution in [3.63, 3.8) is 0 Å². The van der Waals surface area contributed by atoms with E-state index in [2.05, 4.69) is 57.6 Å². The quantitative estimate of drug-likeness (QED) is 0.511. The highest BCUT2D eigenvalue weighted by atomic mass is 16.5. The van der Waals surface area contributed by atoms with E-state index in [0.717, 1.165) is 56.9 Å². The minimum absolute atomic E-state index is 0.0342. The number of ether oxygens (including phenoxy) is 2. The molecular formula is C30H35N3O3. The number of nitrogens with one attached hydrogen (secondary N) is 1. The smallest absolute Gasteiger partial charge is 0.251 e. The molecule has 0 aliphatic carbocycles. The summed E-state index contributed by atoms with van der Waals surface area (Å²) in [6.45, 7) is 6.44. The Morgan fingerprint density at radius 2 is 1.78 bits per heavy atom. The average molecular weight is 486 g/mol. The predicted octanol–water partition coefficient (Wildman–Crippen LogP) is 4.45. The van der Waals surface area contributed by atoms with Gasteiger partial charge in [-0.25, -0.2) is 0 Å². The molecule has 36 heavy (non-hydrogen) atoms. The molecule has 0 saturated carbocycles. The van der Waals surface area contributed by atoms with Crippen LogP contribution < -0.4 is 15.0 Å². The number of hydrogen-bond donors (Lipinski definition) is 1. The maximum absolute atomic E-state index is 12.0. The lowest BCUT2D eigenvalue weighted by atomic mass is 9.93. The number of carbonyl (C=O) groups excluding carboxylic acids is 1. The van der Waals surface area contributed by atoms with Gasteiger partial charge in [0, 0.05) is 51.0 Å². The second-order valence-corrected chi connectivity index (χ2v) is 9.49. The third-order valence-electron chi connectivity index (χ3n) is 7.20. The van der Waals surface area contributed by atoms with Crippen molar-refractivity contribution in [1.29, 1.82) is 0 Å². The molecule has 5 rings (SSSR count). The van der Waals surface area contributed by atoms with Crippen molar-refractivity contribution in [2.24, 2.45) is 0 Å². The van der Waals surface area contributed by atoms with E-state index in [4.69, 9.17) is 9.47 Å². The summed E-state index contributed by atoms with van der Waals surface area (Å²) in [6.07, 6.45) is 1.94. The Balaban J connectivity index is 1.09. The van der Waals surface area contributed by atoms with E-state index in [1.807, 2.05) is 30.3 Å². The number of anilines is 1. The molecule has 0 unspecified atom stereocenters. The third-order valence-corrected chi connectivity index (χ3v) is 7.20. The van der Waals surface area contributed by atoms with Crippen molar-refractivity contribution >= 4 is 11.6 Å². The van der Waals surface area contributed by atoms with Gasteiger partial charge in [-0.05, 0) is 65.9 Å². The number of nitrogens with zero attached hydrogens (tertiary/aromatic N) is 2. The van der Waals surface area contributed by atoms with Gasteiger partial charge in [-0.15, -0.1) is 0 Å². The number of benzene rings is 3. The molecule has 2 aliphatic rings. The van der Waals surface area contributed by atoms with Crippen molar-refractivity contribution < 1.29 is 14.3 Å². The largest absolute Gasteiger partial charge is 0.489 e. The highest BCUT2D eigenvalue weighted by molar-refractivity contribution is 5.94. The second-order valence-electron chi connectivity index (χ2n) is 9.49. The highest BCUT2D eigenvalue weighted by Gasteiger charge is 2.24. The summed E-state index contributed by atoms with van der Waals surface area (Å²) in [5.41, 5.74) is 5.63. The molecule has 0 bridgehead atoms. The number of piperazine rings is 1. The van der Waals surface area contributed by atoms with Gasteiger partial charge in [0.15, 0.2) is 0 Å². The molecule has 1 saturated heterocycles. The maximum atomic E-state index is 12.0. The lowest BCUT2D eigenvalue weighted by Gasteiger charge is -2.37. The van der Waals surface area contributed by atoms with Crippen LogP contribution in [0, 0.1) is 0 Å². The van der Waals surface area contributed by atoms with Crippen LogP contribution in [-0.2, 0) is 17.8 Å². The molecule has 3 aromatic rings. The zero-order valence-electron chi connectivity index (χ0n) is 21.0. The van der Waals surface area contributed by atoms with Gasteiger partial charge in [-0.3, -0.25) is 9.69 Å². The van der Waals surface area contributed by atoms with Crippen molar-refractivity contribution in [3.05, 3.63) is 95.1 Å². The van der Waals surface area contributed by atoms with E-state index in [0.29, 0.717) is 13.2 Å². The average Bonchev–Trinajstić information content (AvgIpc) is 2.95. The van der Waals surface area contributed by atoms with Gasteiger partial charge in [0.2, 0.25) is 0 Å². The molecule has 188 valence electrons. The molecule has 2 heterocycles. The minimum atomic E-state index is -0.0342. The second kappa shape index (κ2) is 11.6. The summed E-state index contributed by atoms with van der Waals surface area (Å²) in [5.74, 6) is 0.865. The molecule has 1 fully saturated rings. The van der Waals surface area contributed by atoms with Crippen LogP contribution in [0.4, 0.5) is 5.69 Å². The molecule has 1 atom stereocenters. The Kier molecular flexibility index (Phi) is 7.84. The number of fused-ring (bicyclic) bond motifs is 1. The highest BCUT2D eigenvalue weighted by Crippen LogP contribution is 2.31. The number of carbonyl (C=O) groups is 1. The summed E-state index contributed by atoms with van der Waals surface area (Å²) in [4.78, 5) is 17.0. The lowest BCUT2D eigenvalue weighted by molar-refractivity contribution is 0.0288. The van der Waals surface area contributed by atoms with Crippen molar-refractivity contribution in [1.82, 2.24) is 10.2 Å². The molecule has 1 amide bonds. The summed E-state index contributed by atoms with van der Waals surface area (Å²) in [5, 5.41) is 2.71. The van der Waals surface area contributed by atoms with E-state index in [1.165, 1.54) is 22.4 Å². The Morgan fingerprint density at radius 3 is 2.53 bits per heavy atom. The monoisotopic (exact) mass is 485 g/mol. The predicted molar refractivity (Wildman–Crippen MR) is 143 cm³/mol. The Labute approximate surface area is 213 Å². The summed E-state index contributed by atoms with van der Waals surface area (Å²) in [6, 6.07) is 24.7. The first-order chi connectivity index (χ1) is 17.7. The lowest BCUT2D eigenvalue weighted by Crippen LogP contribution is -2.46. The zero-order chi connectivity index (χ0) is 24.7. The van der Waals surface area contributed by atoms with Crippen LogP contribution in [-0.4, -0.2) is 57.2 Å². The van der Waals surface area contributed by atoms with Crippen molar-refractivity contribution in [2.45, 2.75) is 25.6 Å². The van der Waals surface area contributed by atoms with Crippen LogP contribution >= 0.6 is 0 Å². The van der Waals surface area contributed by atoms with E-state index >= 15 is 0 Å². The summed E-state index contributed by atoms with van der Waals surface area (Å²) < 4.78 is 12.1. The molecule has 0 aromatic heterocycles. The van der Waals surface area contributed by atoms with Gasteiger partial charge >= 0.3 is 0 Å².